The molecule has 0 saturated carbocycles. The van der Waals surface area contributed by atoms with E-state index in [-0.39, 0.29) is 11.5 Å². The molecule has 1 amide bonds. The Hall–Kier alpha value is -3.07. The number of hydrogen-bond donors (Lipinski definition) is 0. The van der Waals surface area contributed by atoms with Gasteiger partial charge in [-0.1, -0.05) is 58.8 Å². The van der Waals surface area contributed by atoms with Gasteiger partial charge in [0, 0.05) is 54.9 Å². The second-order valence-corrected chi connectivity index (χ2v) is 9.52. The fourth-order valence-electron chi connectivity index (χ4n) is 3.89. The summed E-state index contributed by atoms with van der Waals surface area (Å²) in [6.07, 6.45) is 0. The summed E-state index contributed by atoms with van der Waals surface area (Å²) in [5.74, 6) is -0.0109. The summed E-state index contributed by atoms with van der Waals surface area (Å²) in [4.78, 5) is 34.7. The first kappa shape index (κ1) is 21.8. The van der Waals surface area contributed by atoms with Gasteiger partial charge in [-0.15, -0.1) is 0 Å². The lowest BCUT2D eigenvalue weighted by molar-refractivity contribution is 0.0627. The number of aryl methyl sites for hydroxylation is 1. The van der Waals surface area contributed by atoms with Crippen LogP contribution in [-0.4, -0.2) is 56.5 Å². The summed E-state index contributed by atoms with van der Waals surface area (Å²) in [5, 5.41) is 5.78. The van der Waals surface area contributed by atoms with Crippen LogP contribution >= 0.6 is 22.9 Å². The Morgan fingerprint density at radius 3 is 2.55 bits per heavy atom. The van der Waals surface area contributed by atoms with Gasteiger partial charge in [0.05, 0.1) is 5.69 Å². The second-order valence-electron chi connectivity index (χ2n) is 8.13. The molecule has 0 unspecified atom stereocenters. The van der Waals surface area contributed by atoms with Crippen molar-refractivity contribution in [1.82, 2.24) is 24.4 Å². The Morgan fingerprint density at radius 2 is 1.82 bits per heavy atom. The van der Waals surface area contributed by atoms with Crippen molar-refractivity contribution in [1.29, 1.82) is 0 Å². The Bertz CT molecular complexity index is 1370. The number of halogens is 1. The third kappa shape index (κ3) is 4.68. The number of aromatic nitrogens is 3. The summed E-state index contributed by atoms with van der Waals surface area (Å²) < 4.78 is 1.37. The summed E-state index contributed by atoms with van der Waals surface area (Å²) in [7, 11) is 0. The van der Waals surface area contributed by atoms with Gasteiger partial charge in [-0.2, -0.15) is 9.61 Å². The second kappa shape index (κ2) is 9.05. The predicted octanol–water partition coefficient (Wildman–Crippen LogP) is 3.74. The van der Waals surface area contributed by atoms with Crippen LogP contribution in [0.2, 0.25) is 5.02 Å². The van der Waals surface area contributed by atoms with Crippen LogP contribution in [0.25, 0.3) is 15.5 Å². The van der Waals surface area contributed by atoms with Crippen LogP contribution in [0.3, 0.4) is 0 Å². The number of rotatable bonds is 4. The van der Waals surface area contributed by atoms with Crippen LogP contribution in [-0.2, 0) is 6.54 Å². The lowest BCUT2D eigenvalue weighted by Crippen LogP contribution is -2.48. The molecule has 2 aromatic carbocycles. The first-order chi connectivity index (χ1) is 16.0. The molecule has 33 heavy (non-hydrogen) atoms. The van der Waals surface area contributed by atoms with E-state index in [1.54, 1.807) is 30.3 Å². The van der Waals surface area contributed by atoms with E-state index in [0.29, 0.717) is 54.0 Å². The molecule has 1 fully saturated rings. The van der Waals surface area contributed by atoms with Crippen molar-refractivity contribution in [2.75, 3.05) is 26.2 Å². The van der Waals surface area contributed by atoms with Crippen molar-refractivity contribution >= 4 is 33.8 Å². The van der Waals surface area contributed by atoms with Gasteiger partial charge in [0.15, 0.2) is 0 Å². The van der Waals surface area contributed by atoms with E-state index in [4.69, 9.17) is 11.6 Å². The number of nitrogens with zero attached hydrogens (tertiary/aromatic N) is 5. The highest BCUT2D eigenvalue weighted by atomic mass is 35.5. The largest absolute Gasteiger partial charge is 0.336 e. The molecule has 7 nitrogen and oxygen atoms in total. The van der Waals surface area contributed by atoms with Gasteiger partial charge in [-0.25, -0.2) is 4.98 Å². The zero-order valence-corrected chi connectivity index (χ0v) is 19.6. The van der Waals surface area contributed by atoms with Gasteiger partial charge in [-0.05, 0) is 25.1 Å². The quantitative estimate of drug-likeness (QED) is 0.446. The summed E-state index contributed by atoms with van der Waals surface area (Å²) >= 11 is 7.43. The van der Waals surface area contributed by atoms with E-state index in [1.165, 1.54) is 21.4 Å². The molecule has 5 rings (SSSR count). The molecule has 2 aromatic heterocycles. The first-order valence-corrected chi connectivity index (χ1v) is 11.9. The van der Waals surface area contributed by atoms with Gasteiger partial charge >= 0.3 is 0 Å². The molecule has 1 aliphatic heterocycles. The molecule has 0 N–H and O–H groups in total. The average molecular weight is 480 g/mol. The molecular formula is C24H22ClN5O2S. The molecule has 9 heteroatoms. The molecule has 3 heterocycles. The molecule has 0 spiro atoms. The maximum atomic E-state index is 12.7. The van der Waals surface area contributed by atoms with Gasteiger partial charge < -0.3 is 4.90 Å². The van der Waals surface area contributed by atoms with Crippen molar-refractivity contribution < 1.29 is 4.79 Å². The minimum Gasteiger partial charge on any atom is -0.336 e. The highest BCUT2D eigenvalue weighted by Crippen LogP contribution is 2.24. The van der Waals surface area contributed by atoms with E-state index in [0.717, 1.165) is 10.6 Å². The molecular weight excluding hydrogens is 458 g/mol. The van der Waals surface area contributed by atoms with Gasteiger partial charge in [0.25, 0.3) is 11.5 Å². The lowest BCUT2D eigenvalue weighted by Gasteiger charge is -2.34. The maximum absolute atomic E-state index is 12.7. The topological polar surface area (TPSA) is 70.8 Å². The smallest absolute Gasteiger partial charge is 0.275 e. The number of carbonyl (C=O) groups is 1. The number of piperazine rings is 1. The standard InChI is InChI=1S/C24H22ClN5O2S/c1-16-5-7-17(8-6-16)22-27-30-21(31)14-20(26-24(30)33-22)15-28-9-11-29(12-10-28)23(32)18-3-2-4-19(25)13-18/h2-8,13-14H,9-12,15H2,1H3. The zero-order chi connectivity index (χ0) is 22.9. The third-order valence-corrected chi connectivity index (χ3v) is 6.91. The molecule has 0 bridgehead atoms. The van der Waals surface area contributed by atoms with Crippen molar-refractivity contribution in [3.05, 3.63) is 86.8 Å². The van der Waals surface area contributed by atoms with Crippen LogP contribution in [0.5, 0.6) is 0 Å². The highest BCUT2D eigenvalue weighted by molar-refractivity contribution is 7.19. The lowest BCUT2D eigenvalue weighted by atomic mass is 10.2. The van der Waals surface area contributed by atoms with Gasteiger partial charge in [-0.3, -0.25) is 14.5 Å². The number of carbonyl (C=O) groups excluding carboxylic acids is 1. The Morgan fingerprint density at radius 1 is 1.06 bits per heavy atom. The van der Waals surface area contributed by atoms with Gasteiger partial charge in [0.2, 0.25) is 4.96 Å². The van der Waals surface area contributed by atoms with Crippen LogP contribution in [0.4, 0.5) is 0 Å². The van der Waals surface area contributed by atoms with Gasteiger partial charge in [0.1, 0.15) is 5.01 Å². The number of amides is 1. The molecule has 0 aliphatic carbocycles. The molecule has 0 atom stereocenters. The minimum atomic E-state index is -0.181. The number of fused-ring (bicyclic) bond motifs is 1. The first-order valence-electron chi connectivity index (χ1n) is 10.7. The monoisotopic (exact) mass is 479 g/mol. The number of benzene rings is 2. The summed E-state index contributed by atoms with van der Waals surface area (Å²) in [6, 6.07) is 16.6. The average Bonchev–Trinajstić information content (AvgIpc) is 3.24. The maximum Gasteiger partial charge on any atom is 0.275 e. The Labute approximate surface area is 199 Å². The molecule has 0 radical (unpaired) electrons. The fourth-order valence-corrected chi connectivity index (χ4v) is 5.01. The van der Waals surface area contributed by atoms with E-state index in [2.05, 4.69) is 15.0 Å². The zero-order valence-electron chi connectivity index (χ0n) is 18.1. The Kier molecular flexibility index (Phi) is 5.97. The van der Waals surface area contributed by atoms with E-state index in [9.17, 15) is 9.59 Å². The molecule has 1 aliphatic rings. The fraction of sp³-hybridized carbons (Fsp3) is 0.250. The van der Waals surface area contributed by atoms with Crippen molar-refractivity contribution in [2.24, 2.45) is 0 Å². The van der Waals surface area contributed by atoms with E-state index in [1.807, 2.05) is 36.1 Å². The number of hydrogen-bond acceptors (Lipinski definition) is 6. The van der Waals surface area contributed by atoms with Crippen LogP contribution in [0.1, 0.15) is 21.6 Å². The van der Waals surface area contributed by atoms with Crippen molar-refractivity contribution in [3.63, 3.8) is 0 Å². The van der Waals surface area contributed by atoms with Crippen LogP contribution < -0.4 is 5.56 Å². The molecule has 168 valence electrons. The normalized spacial score (nSPS) is 14.7. The van der Waals surface area contributed by atoms with E-state index >= 15 is 0 Å². The van der Waals surface area contributed by atoms with Crippen molar-refractivity contribution in [2.45, 2.75) is 13.5 Å². The summed E-state index contributed by atoms with van der Waals surface area (Å²) in [6.45, 7) is 5.25. The third-order valence-electron chi connectivity index (χ3n) is 5.71. The SMILES string of the molecule is Cc1ccc(-c2nn3c(=O)cc(CN4CCN(C(=O)c5cccc(Cl)c5)CC4)nc3s2)cc1. The Balaban J connectivity index is 1.27. The van der Waals surface area contributed by atoms with Crippen LogP contribution in [0, 0.1) is 6.92 Å². The molecule has 1 saturated heterocycles. The predicted molar refractivity (Wildman–Crippen MR) is 130 cm³/mol. The minimum absolute atomic E-state index is 0.0109. The van der Waals surface area contributed by atoms with Crippen molar-refractivity contribution in [3.8, 4) is 10.6 Å². The highest BCUT2D eigenvalue weighted by Gasteiger charge is 2.23. The van der Waals surface area contributed by atoms with E-state index < -0.39 is 0 Å². The van der Waals surface area contributed by atoms with Crippen LogP contribution in [0.15, 0.2) is 59.4 Å². The molecule has 4 aromatic rings. The summed E-state index contributed by atoms with van der Waals surface area (Å²) in [5.41, 5.74) is 3.28.